The van der Waals surface area contributed by atoms with Gasteiger partial charge in [-0.3, -0.25) is 9.88 Å². The maximum absolute atomic E-state index is 13.5. The molecule has 0 saturated carbocycles. The van der Waals surface area contributed by atoms with E-state index in [0.29, 0.717) is 18.8 Å². The Labute approximate surface area is 207 Å². The first-order chi connectivity index (χ1) is 17.0. The van der Waals surface area contributed by atoms with Crippen molar-refractivity contribution in [1.82, 2.24) is 14.2 Å². The molecule has 2 aromatic carbocycles. The van der Waals surface area contributed by atoms with Gasteiger partial charge in [-0.25, -0.2) is 8.42 Å². The maximum Gasteiger partial charge on any atom is 0.243 e. The molecule has 0 amide bonds. The first-order valence-electron chi connectivity index (χ1n) is 12.0. The molecule has 3 aromatic rings. The second-order valence-electron chi connectivity index (χ2n) is 9.19. The van der Waals surface area contributed by atoms with E-state index in [1.165, 1.54) is 0 Å². The van der Waals surface area contributed by atoms with E-state index in [-0.39, 0.29) is 29.5 Å². The first kappa shape index (κ1) is 23.9. The van der Waals surface area contributed by atoms with Crippen molar-refractivity contribution in [3.05, 3.63) is 78.6 Å². The van der Waals surface area contributed by atoms with Crippen LogP contribution in [0.3, 0.4) is 0 Å². The third kappa shape index (κ3) is 4.59. The minimum absolute atomic E-state index is 0.00659. The summed E-state index contributed by atoms with van der Waals surface area (Å²) in [6.45, 7) is 1.82. The van der Waals surface area contributed by atoms with Gasteiger partial charge < -0.3 is 9.84 Å². The van der Waals surface area contributed by atoms with Crippen LogP contribution in [0.1, 0.15) is 24.3 Å². The standard InChI is InChI=1S/C27H31N3O4S/c1-34-23-10-12-24(13-11-23)35(32,33)29-15-2-3-16-30-25(18-29)27(26(30)19-31)21-8-6-20(7-9-21)22-5-4-14-28-17-22/h4-14,17,25-27,31H,2-3,15-16,18-19H2,1H3/t25-,26-,27-/m0/s1. The molecule has 0 spiro atoms. The Morgan fingerprint density at radius 2 is 1.74 bits per heavy atom. The summed E-state index contributed by atoms with van der Waals surface area (Å²) in [6, 6.07) is 18.9. The number of ether oxygens (including phenoxy) is 1. The van der Waals surface area contributed by atoms with E-state index < -0.39 is 10.0 Å². The number of benzene rings is 2. The van der Waals surface area contributed by atoms with E-state index in [9.17, 15) is 13.5 Å². The van der Waals surface area contributed by atoms with Crippen molar-refractivity contribution in [2.45, 2.75) is 35.7 Å². The van der Waals surface area contributed by atoms with Crippen LogP contribution in [0.2, 0.25) is 0 Å². The summed E-state index contributed by atoms with van der Waals surface area (Å²) in [4.78, 5) is 6.77. The third-order valence-corrected chi connectivity index (χ3v) is 9.20. The zero-order valence-corrected chi connectivity index (χ0v) is 20.6. The highest BCUT2D eigenvalue weighted by atomic mass is 32.2. The van der Waals surface area contributed by atoms with E-state index in [1.54, 1.807) is 41.9 Å². The molecule has 1 N–H and O–H groups in total. The average molecular weight is 494 g/mol. The summed E-state index contributed by atoms with van der Waals surface area (Å²) in [7, 11) is -2.08. The molecule has 5 rings (SSSR count). The van der Waals surface area contributed by atoms with E-state index in [4.69, 9.17) is 4.74 Å². The molecule has 0 unspecified atom stereocenters. The molecule has 1 aromatic heterocycles. The Morgan fingerprint density at radius 1 is 1.00 bits per heavy atom. The van der Waals surface area contributed by atoms with Crippen LogP contribution < -0.4 is 4.74 Å². The van der Waals surface area contributed by atoms with Crippen LogP contribution in [0.4, 0.5) is 0 Å². The molecule has 0 aliphatic carbocycles. The van der Waals surface area contributed by atoms with Crippen molar-refractivity contribution in [2.75, 3.05) is 33.4 Å². The monoisotopic (exact) mass is 493 g/mol. The topological polar surface area (TPSA) is 83.0 Å². The van der Waals surface area contributed by atoms with Crippen LogP contribution in [0.5, 0.6) is 5.75 Å². The Bertz CT molecular complexity index is 1230. The average Bonchev–Trinajstić information content (AvgIpc) is 2.88. The van der Waals surface area contributed by atoms with Crippen molar-refractivity contribution in [3.63, 3.8) is 0 Å². The minimum Gasteiger partial charge on any atom is -0.497 e. The summed E-state index contributed by atoms with van der Waals surface area (Å²) in [5, 5.41) is 10.2. The number of nitrogens with zero attached hydrogens (tertiary/aromatic N) is 3. The van der Waals surface area contributed by atoms with Crippen LogP contribution in [0, 0.1) is 0 Å². The van der Waals surface area contributed by atoms with Gasteiger partial charge in [0.05, 0.1) is 18.6 Å². The highest BCUT2D eigenvalue weighted by Gasteiger charge is 2.50. The number of pyridine rings is 1. The number of rotatable bonds is 6. The molecule has 0 radical (unpaired) electrons. The number of methoxy groups -OCH3 is 1. The van der Waals surface area contributed by atoms with Gasteiger partial charge in [-0.05, 0) is 66.4 Å². The van der Waals surface area contributed by atoms with Gasteiger partial charge in [0.15, 0.2) is 0 Å². The SMILES string of the molecule is COc1ccc(S(=O)(=O)N2CCCCN3[C@@H](CO)[C@@H](c4ccc(-c5cccnc5)cc4)[C@@H]3C2)cc1. The van der Waals surface area contributed by atoms with Gasteiger partial charge in [-0.1, -0.05) is 30.3 Å². The van der Waals surface area contributed by atoms with Gasteiger partial charge >= 0.3 is 0 Å². The van der Waals surface area contributed by atoms with Crippen molar-refractivity contribution in [3.8, 4) is 16.9 Å². The zero-order valence-electron chi connectivity index (χ0n) is 19.8. The molecule has 8 heteroatoms. The second-order valence-corrected chi connectivity index (χ2v) is 11.1. The molecule has 2 saturated heterocycles. The molecule has 0 bridgehead atoms. The lowest BCUT2D eigenvalue weighted by Gasteiger charge is -2.57. The fourth-order valence-electron chi connectivity index (χ4n) is 5.46. The van der Waals surface area contributed by atoms with Crippen LogP contribution in [0.25, 0.3) is 11.1 Å². The van der Waals surface area contributed by atoms with E-state index in [0.717, 1.165) is 36.1 Å². The summed E-state index contributed by atoms with van der Waals surface area (Å²) < 4.78 is 33.9. The molecule has 2 aliphatic rings. The predicted octanol–water partition coefficient (Wildman–Crippen LogP) is 3.37. The summed E-state index contributed by atoms with van der Waals surface area (Å²) in [5.74, 6) is 0.692. The summed E-state index contributed by atoms with van der Waals surface area (Å²) in [6.07, 6.45) is 5.29. The van der Waals surface area contributed by atoms with E-state index in [1.807, 2.05) is 18.3 Å². The third-order valence-electron chi connectivity index (χ3n) is 7.32. The molecular formula is C27H31N3O4S. The van der Waals surface area contributed by atoms with Crippen molar-refractivity contribution in [2.24, 2.45) is 0 Å². The Balaban J connectivity index is 1.41. The largest absolute Gasteiger partial charge is 0.497 e. The normalized spacial score (nSPS) is 23.5. The zero-order chi connectivity index (χ0) is 24.4. The van der Waals surface area contributed by atoms with Gasteiger partial charge in [0, 0.05) is 43.5 Å². The van der Waals surface area contributed by atoms with Crippen LogP contribution in [0.15, 0.2) is 78.0 Å². The number of aromatic nitrogens is 1. The minimum atomic E-state index is -3.64. The molecule has 2 aliphatic heterocycles. The highest BCUT2D eigenvalue weighted by Crippen LogP contribution is 2.43. The van der Waals surface area contributed by atoms with Crippen molar-refractivity contribution in [1.29, 1.82) is 0 Å². The number of aliphatic hydroxyl groups excluding tert-OH is 1. The highest BCUT2D eigenvalue weighted by molar-refractivity contribution is 7.89. The van der Waals surface area contributed by atoms with Gasteiger partial charge in [0.1, 0.15) is 5.75 Å². The molecule has 3 heterocycles. The lowest BCUT2D eigenvalue weighted by molar-refractivity contribution is -0.0553. The van der Waals surface area contributed by atoms with Crippen LogP contribution in [-0.2, 0) is 10.0 Å². The lowest BCUT2D eigenvalue weighted by Crippen LogP contribution is -2.67. The van der Waals surface area contributed by atoms with E-state index in [2.05, 4.69) is 34.1 Å². The molecule has 2 fully saturated rings. The second kappa shape index (κ2) is 10.1. The molecule has 7 nitrogen and oxygen atoms in total. The van der Waals surface area contributed by atoms with Crippen LogP contribution in [-0.4, -0.2) is 73.1 Å². The fraction of sp³-hybridized carbons (Fsp3) is 0.370. The van der Waals surface area contributed by atoms with Gasteiger partial charge in [-0.2, -0.15) is 4.31 Å². The van der Waals surface area contributed by atoms with Gasteiger partial charge in [-0.15, -0.1) is 0 Å². The predicted molar refractivity (Wildman–Crippen MR) is 135 cm³/mol. The van der Waals surface area contributed by atoms with Crippen molar-refractivity contribution < 1.29 is 18.3 Å². The lowest BCUT2D eigenvalue weighted by atomic mass is 9.74. The number of fused-ring (bicyclic) bond motifs is 1. The first-order valence-corrected chi connectivity index (χ1v) is 13.5. The van der Waals surface area contributed by atoms with Gasteiger partial charge in [0.25, 0.3) is 0 Å². The Kier molecular flexibility index (Phi) is 6.88. The Morgan fingerprint density at radius 3 is 2.40 bits per heavy atom. The number of sulfonamides is 1. The maximum atomic E-state index is 13.5. The summed E-state index contributed by atoms with van der Waals surface area (Å²) in [5.41, 5.74) is 3.26. The van der Waals surface area contributed by atoms with Crippen LogP contribution >= 0.6 is 0 Å². The Hall–Kier alpha value is -2.78. The smallest absolute Gasteiger partial charge is 0.243 e. The van der Waals surface area contributed by atoms with E-state index >= 15 is 0 Å². The number of aliphatic hydroxyl groups is 1. The number of hydrogen-bond acceptors (Lipinski definition) is 6. The molecular weight excluding hydrogens is 462 g/mol. The fourth-order valence-corrected chi connectivity index (χ4v) is 6.95. The molecule has 35 heavy (non-hydrogen) atoms. The molecule has 184 valence electrons. The summed E-state index contributed by atoms with van der Waals surface area (Å²) >= 11 is 0. The van der Waals surface area contributed by atoms with Gasteiger partial charge in [0.2, 0.25) is 10.0 Å². The quantitative estimate of drug-likeness (QED) is 0.567. The number of hydrogen-bond donors (Lipinski definition) is 1. The van der Waals surface area contributed by atoms with Crippen molar-refractivity contribution >= 4 is 10.0 Å². The molecule has 3 atom stereocenters.